The number of rotatable bonds is 2. The molecule has 2 heterocycles. The quantitative estimate of drug-likeness (QED) is 0.737. The number of para-hydroxylation sites is 1. The molecule has 0 unspecified atom stereocenters. The van der Waals surface area contributed by atoms with E-state index in [0.29, 0.717) is 12.8 Å². The van der Waals surface area contributed by atoms with Crippen molar-refractivity contribution in [3.63, 3.8) is 0 Å². The minimum absolute atomic E-state index is 0.0412. The van der Waals surface area contributed by atoms with Crippen LogP contribution in [0.15, 0.2) is 48.8 Å². The third-order valence-electron chi connectivity index (χ3n) is 4.92. The Balaban J connectivity index is 1.79. The van der Waals surface area contributed by atoms with Gasteiger partial charge in [0.05, 0.1) is 17.4 Å². The first-order chi connectivity index (χ1) is 12.3. The number of carbonyl (C=O) groups excluding carboxylic acids is 1. The van der Waals surface area contributed by atoms with E-state index in [1.54, 1.807) is 4.90 Å². The summed E-state index contributed by atoms with van der Waals surface area (Å²) in [4.78, 5) is 19.8. The monoisotopic (exact) mass is 377 g/mol. The molecule has 0 N–H and O–H groups in total. The van der Waals surface area contributed by atoms with E-state index in [0.717, 1.165) is 24.4 Å². The van der Waals surface area contributed by atoms with Gasteiger partial charge in [0.25, 0.3) is 5.91 Å². The number of thiocarbonyl (C=S) groups is 1. The average molecular weight is 377 g/mol. The van der Waals surface area contributed by atoms with Gasteiger partial charge >= 0.3 is 6.18 Å². The Morgan fingerprint density at radius 2 is 1.77 bits per heavy atom. The van der Waals surface area contributed by atoms with Crippen molar-refractivity contribution < 1.29 is 18.0 Å². The smallest absolute Gasteiger partial charge is 0.303 e. The van der Waals surface area contributed by atoms with E-state index < -0.39 is 17.3 Å². The summed E-state index contributed by atoms with van der Waals surface area (Å²) < 4.78 is 39.1. The lowest BCUT2D eigenvalue weighted by Gasteiger charge is -2.43. The van der Waals surface area contributed by atoms with Crippen molar-refractivity contribution >= 4 is 34.6 Å². The number of aromatic nitrogens is 1. The van der Waals surface area contributed by atoms with Crippen molar-refractivity contribution in [2.24, 2.45) is 0 Å². The second-order valence-electron chi connectivity index (χ2n) is 6.41. The maximum absolute atomic E-state index is 13.2. The van der Waals surface area contributed by atoms with Crippen molar-refractivity contribution in [1.82, 2.24) is 4.98 Å². The van der Waals surface area contributed by atoms with Gasteiger partial charge in [0.15, 0.2) is 5.11 Å². The third-order valence-corrected chi connectivity index (χ3v) is 5.28. The lowest BCUT2D eigenvalue weighted by atomic mass is 9.75. The SMILES string of the molecule is O=C1N(c2cncc(C(F)(F)F)c2)C(=S)N(c2ccccc2)C12CCC2. The van der Waals surface area contributed by atoms with E-state index in [1.165, 1.54) is 11.1 Å². The number of amides is 1. The molecular weight excluding hydrogens is 363 g/mol. The maximum Gasteiger partial charge on any atom is 0.417 e. The first kappa shape index (κ1) is 17.0. The maximum atomic E-state index is 13.2. The molecule has 1 aromatic carbocycles. The van der Waals surface area contributed by atoms with Crippen LogP contribution < -0.4 is 9.80 Å². The summed E-state index contributed by atoms with van der Waals surface area (Å²) in [6.45, 7) is 0. The van der Waals surface area contributed by atoms with Crippen molar-refractivity contribution in [2.45, 2.75) is 31.0 Å². The molecule has 1 saturated heterocycles. The zero-order valence-electron chi connectivity index (χ0n) is 13.5. The Hall–Kier alpha value is -2.48. The molecule has 2 aliphatic rings. The highest BCUT2D eigenvalue weighted by molar-refractivity contribution is 7.81. The predicted octanol–water partition coefficient (Wildman–Crippen LogP) is 4.16. The summed E-state index contributed by atoms with van der Waals surface area (Å²) in [5, 5.41) is 0.182. The molecule has 0 atom stereocenters. The van der Waals surface area contributed by atoms with E-state index in [4.69, 9.17) is 12.2 Å². The normalized spacial score (nSPS) is 19.2. The van der Waals surface area contributed by atoms with Gasteiger partial charge in [-0.3, -0.25) is 14.7 Å². The molecule has 8 heteroatoms. The third kappa shape index (κ3) is 2.39. The predicted molar refractivity (Wildman–Crippen MR) is 94.8 cm³/mol. The van der Waals surface area contributed by atoms with E-state index in [1.807, 2.05) is 30.3 Å². The van der Waals surface area contributed by atoms with Crippen LogP contribution in [-0.4, -0.2) is 21.5 Å². The van der Waals surface area contributed by atoms with Crippen LogP contribution in [0.2, 0.25) is 0 Å². The number of benzene rings is 1. The van der Waals surface area contributed by atoms with Gasteiger partial charge in [-0.2, -0.15) is 13.2 Å². The van der Waals surface area contributed by atoms with Crippen LogP contribution in [0, 0.1) is 0 Å². The lowest BCUT2D eigenvalue weighted by molar-refractivity contribution is -0.137. The first-order valence-corrected chi connectivity index (χ1v) is 8.51. The Morgan fingerprint density at radius 3 is 2.35 bits per heavy atom. The second kappa shape index (κ2) is 5.77. The Morgan fingerprint density at radius 1 is 1.08 bits per heavy atom. The molecule has 1 aliphatic heterocycles. The molecule has 1 saturated carbocycles. The topological polar surface area (TPSA) is 36.4 Å². The molecule has 4 nitrogen and oxygen atoms in total. The number of alkyl halides is 3. The van der Waals surface area contributed by atoms with Gasteiger partial charge in [0.2, 0.25) is 0 Å². The van der Waals surface area contributed by atoms with Crippen LogP contribution in [0.25, 0.3) is 0 Å². The fourth-order valence-corrected chi connectivity index (χ4v) is 3.96. The summed E-state index contributed by atoms with van der Waals surface area (Å²) >= 11 is 5.51. The molecule has 0 radical (unpaired) electrons. The zero-order valence-corrected chi connectivity index (χ0v) is 14.3. The highest BCUT2D eigenvalue weighted by Gasteiger charge is 2.59. The second-order valence-corrected chi connectivity index (χ2v) is 6.77. The number of nitrogens with zero attached hydrogens (tertiary/aromatic N) is 3. The lowest BCUT2D eigenvalue weighted by Crippen LogP contribution is -2.55. The molecule has 2 aromatic rings. The van der Waals surface area contributed by atoms with Gasteiger partial charge in [-0.05, 0) is 49.7 Å². The molecule has 134 valence electrons. The fraction of sp³-hybridized carbons (Fsp3) is 0.278. The highest BCUT2D eigenvalue weighted by atomic mass is 32.1. The minimum Gasteiger partial charge on any atom is -0.303 e. The Kier molecular flexibility index (Phi) is 3.76. The number of anilines is 2. The number of pyridine rings is 1. The summed E-state index contributed by atoms with van der Waals surface area (Å²) in [7, 11) is 0. The summed E-state index contributed by atoms with van der Waals surface area (Å²) in [6.07, 6.45) is -0.470. The van der Waals surface area contributed by atoms with Crippen molar-refractivity contribution in [2.75, 3.05) is 9.80 Å². The van der Waals surface area contributed by atoms with Crippen LogP contribution >= 0.6 is 12.2 Å². The van der Waals surface area contributed by atoms with Gasteiger partial charge in [-0.15, -0.1) is 0 Å². The zero-order chi connectivity index (χ0) is 18.5. The number of hydrogen-bond donors (Lipinski definition) is 0. The highest BCUT2D eigenvalue weighted by Crippen LogP contribution is 2.47. The van der Waals surface area contributed by atoms with E-state index >= 15 is 0 Å². The van der Waals surface area contributed by atoms with Gasteiger partial charge in [-0.25, -0.2) is 0 Å². The molecule has 4 rings (SSSR count). The van der Waals surface area contributed by atoms with Gasteiger partial charge in [-0.1, -0.05) is 18.2 Å². The van der Waals surface area contributed by atoms with Gasteiger partial charge in [0, 0.05) is 11.9 Å². The molecule has 2 fully saturated rings. The molecular formula is C18H14F3N3OS. The van der Waals surface area contributed by atoms with Crippen molar-refractivity contribution in [3.8, 4) is 0 Å². The first-order valence-electron chi connectivity index (χ1n) is 8.11. The van der Waals surface area contributed by atoms with E-state index in [-0.39, 0.29) is 16.7 Å². The van der Waals surface area contributed by atoms with Crippen LogP contribution in [0.4, 0.5) is 24.5 Å². The van der Waals surface area contributed by atoms with E-state index in [2.05, 4.69) is 4.98 Å². The Labute approximate surface area is 153 Å². The summed E-state index contributed by atoms with van der Waals surface area (Å²) in [5.41, 5.74) is -0.925. The molecule has 0 bridgehead atoms. The largest absolute Gasteiger partial charge is 0.417 e. The number of halogens is 3. The average Bonchev–Trinajstić information content (AvgIpc) is 2.82. The van der Waals surface area contributed by atoms with Gasteiger partial charge in [0.1, 0.15) is 5.54 Å². The summed E-state index contributed by atoms with van der Waals surface area (Å²) in [6, 6.07) is 10.1. The molecule has 1 amide bonds. The van der Waals surface area contributed by atoms with Crippen LogP contribution in [0.5, 0.6) is 0 Å². The number of carbonyl (C=O) groups is 1. The molecule has 1 aliphatic carbocycles. The van der Waals surface area contributed by atoms with E-state index in [9.17, 15) is 18.0 Å². The standard InChI is InChI=1S/C18H14F3N3OS/c19-18(20,21)12-9-14(11-22-10-12)23-15(25)17(7-4-8-17)24(16(23)26)13-5-2-1-3-6-13/h1-3,5-6,9-11H,4,7-8H2. The minimum atomic E-state index is -4.54. The molecule has 1 spiro atoms. The number of hydrogen-bond acceptors (Lipinski definition) is 3. The van der Waals surface area contributed by atoms with Crippen molar-refractivity contribution in [3.05, 3.63) is 54.4 Å². The fourth-order valence-electron chi connectivity index (χ4n) is 3.49. The van der Waals surface area contributed by atoms with Crippen LogP contribution in [0.3, 0.4) is 0 Å². The van der Waals surface area contributed by atoms with Crippen molar-refractivity contribution in [1.29, 1.82) is 0 Å². The van der Waals surface area contributed by atoms with Crippen LogP contribution in [0.1, 0.15) is 24.8 Å². The Bertz CT molecular complexity index is 881. The summed E-state index contributed by atoms with van der Waals surface area (Å²) in [5.74, 6) is -0.293. The molecule has 1 aromatic heterocycles. The van der Waals surface area contributed by atoms with Gasteiger partial charge < -0.3 is 4.90 Å². The van der Waals surface area contributed by atoms with Crippen LogP contribution in [-0.2, 0) is 11.0 Å². The molecule has 26 heavy (non-hydrogen) atoms.